The van der Waals surface area contributed by atoms with Crippen LogP contribution in [-0.2, 0) is 58.9 Å². The maximum atomic E-state index is 14.3. The minimum atomic E-state index is -1.34. The van der Waals surface area contributed by atoms with Crippen LogP contribution in [0.3, 0.4) is 0 Å². The first kappa shape index (κ1) is 59.6. The summed E-state index contributed by atoms with van der Waals surface area (Å²) in [7, 11) is 2.79. The molecule has 1 aromatic rings. The maximum Gasteiger partial charge on any atom is 0.407 e. The van der Waals surface area contributed by atoms with Crippen molar-refractivity contribution in [2.45, 2.75) is 137 Å². The van der Waals surface area contributed by atoms with Crippen molar-refractivity contribution >= 4 is 59.2 Å². The molecule has 0 aliphatic carbocycles. The van der Waals surface area contributed by atoms with Gasteiger partial charge in [0.2, 0.25) is 23.6 Å². The largest absolute Gasteiger partial charge is 0.456 e. The Kier molecular flexibility index (Phi) is 25.5. The number of amides is 6. The average Bonchev–Trinajstić information content (AvgIpc) is 3.30. The standard InChI is InChI=1S/C49H75ClN6O13/c1-13-29(5)41-44(60)53-34(10)48(64)69-42(30(6)14-2)32(8)38(68-49(65)51-21-23-66-24-22-57)20-15-31(7)47(63)67-39(25-28(3)4)43(59)52-33(9)45(61)56(12)37(26-35-16-18-36(50)19-17-35)46(62)55(11)27-40(58)54-41/h14-19,28-29,32-34,37-39,41-42,57H,13,20-27H2,1-12H3,(H,51,65)(H,52,59)(H,53,60)(H,54,58)/b30-14+,31-15-/t29-,32+,33+,34-,37-,38+,39-,41+,42-/m1/s1. The summed E-state index contributed by atoms with van der Waals surface area (Å²) >= 11 is 6.13. The highest BCUT2D eigenvalue weighted by Gasteiger charge is 2.37. The summed E-state index contributed by atoms with van der Waals surface area (Å²) < 4.78 is 22.9. The third-order valence-corrected chi connectivity index (χ3v) is 12.1. The molecule has 2 rings (SSSR count). The van der Waals surface area contributed by atoms with E-state index in [4.69, 9.17) is 35.7 Å². The quantitative estimate of drug-likeness (QED) is 0.0821. The first-order chi connectivity index (χ1) is 32.4. The molecule has 0 radical (unpaired) electrons. The van der Waals surface area contributed by atoms with Crippen LogP contribution in [0.5, 0.6) is 0 Å². The lowest BCUT2D eigenvalue weighted by Crippen LogP contribution is -2.57. The lowest BCUT2D eigenvalue weighted by molar-refractivity contribution is -0.155. The van der Waals surface area contributed by atoms with Gasteiger partial charge in [-0.25, -0.2) is 14.4 Å². The molecule has 0 spiro atoms. The predicted octanol–water partition coefficient (Wildman–Crippen LogP) is 3.63. The Labute approximate surface area is 411 Å². The van der Waals surface area contributed by atoms with Crippen LogP contribution in [0.2, 0.25) is 5.02 Å². The second-order valence-electron chi connectivity index (χ2n) is 18.0. The molecule has 0 fully saturated rings. The van der Waals surface area contributed by atoms with Crippen LogP contribution in [0, 0.1) is 17.8 Å². The van der Waals surface area contributed by atoms with Crippen molar-refractivity contribution in [3.05, 3.63) is 58.1 Å². The highest BCUT2D eigenvalue weighted by molar-refractivity contribution is 6.30. The number of aliphatic hydroxyl groups is 1. The SMILES string of the molecule is C/C=C(\C)[C@H]1OC(=O)[C@@H](C)NC(=O)[C@H]([C@H](C)CC)NC(=O)CN(C)C(=O)[C@@H](Cc2ccc(Cl)cc2)N(C)C(=O)[C@H](C)NC(=O)[C@@H](CC(C)C)OC(=O)/C(C)=C\C[C@H](OC(=O)NCCOCCO)[C@@H]1C. The van der Waals surface area contributed by atoms with E-state index >= 15 is 0 Å². The van der Waals surface area contributed by atoms with E-state index in [1.807, 2.05) is 20.8 Å². The Morgan fingerprint density at radius 2 is 1.58 bits per heavy atom. The molecule has 1 aromatic carbocycles. The summed E-state index contributed by atoms with van der Waals surface area (Å²) in [6.07, 6.45) is -0.609. The van der Waals surface area contributed by atoms with Gasteiger partial charge in [0.15, 0.2) is 6.10 Å². The van der Waals surface area contributed by atoms with Crippen molar-refractivity contribution in [3.8, 4) is 0 Å². The summed E-state index contributed by atoms with van der Waals surface area (Å²) in [5.41, 5.74) is 1.28. The van der Waals surface area contributed by atoms with Crippen LogP contribution in [0.4, 0.5) is 4.79 Å². The Hall–Kier alpha value is -5.53. The number of rotatable bonds is 13. The zero-order valence-electron chi connectivity index (χ0n) is 42.2. The number of hydrogen-bond donors (Lipinski definition) is 5. The maximum absolute atomic E-state index is 14.3. The van der Waals surface area contributed by atoms with Crippen molar-refractivity contribution in [3.63, 3.8) is 0 Å². The molecule has 9 atom stereocenters. The smallest absolute Gasteiger partial charge is 0.407 e. The van der Waals surface area contributed by atoms with E-state index < -0.39 is 108 Å². The van der Waals surface area contributed by atoms with Gasteiger partial charge < -0.3 is 55.1 Å². The molecule has 19 nitrogen and oxygen atoms in total. The van der Waals surface area contributed by atoms with Gasteiger partial charge in [-0.05, 0) is 76.1 Å². The molecular formula is C49H75ClN6O13. The molecule has 20 heteroatoms. The summed E-state index contributed by atoms with van der Waals surface area (Å²) in [5, 5.41) is 20.1. The van der Waals surface area contributed by atoms with E-state index in [9.17, 15) is 38.4 Å². The fourth-order valence-electron chi connectivity index (χ4n) is 7.27. The normalized spacial score (nSPS) is 26.2. The number of halogens is 1. The number of cyclic esters (lactones) is 2. The number of nitrogens with one attached hydrogen (secondary N) is 4. The van der Waals surface area contributed by atoms with Gasteiger partial charge in [0, 0.05) is 50.0 Å². The molecule has 69 heavy (non-hydrogen) atoms. The number of allylic oxidation sites excluding steroid dienone is 1. The van der Waals surface area contributed by atoms with Crippen LogP contribution in [0.1, 0.15) is 94.1 Å². The Morgan fingerprint density at radius 1 is 0.942 bits per heavy atom. The molecule has 1 heterocycles. The fourth-order valence-corrected chi connectivity index (χ4v) is 7.40. The molecule has 0 saturated carbocycles. The molecule has 6 amide bonds. The minimum absolute atomic E-state index is 0.000115. The topological polar surface area (TPSA) is 248 Å². The predicted molar refractivity (Wildman–Crippen MR) is 258 cm³/mol. The van der Waals surface area contributed by atoms with E-state index in [0.29, 0.717) is 22.6 Å². The number of aliphatic hydroxyl groups excluding tert-OH is 1. The van der Waals surface area contributed by atoms with Gasteiger partial charge in [-0.3, -0.25) is 24.0 Å². The second-order valence-corrected chi connectivity index (χ2v) is 18.4. The van der Waals surface area contributed by atoms with Crippen LogP contribution in [0.15, 0.2) is 47.6 Å². The molecule has 1 aliphatic rings. The van der Waals surface area contributed by atoms with Crippen LogP contribution in [0.25, 0.3) is 0 Å². The Balaban J connectivity index is 2.71. The Bertz CT molecular complexity index is 1980. The van der Waals surface area contributed by atoms with Crippen LogP contribution in [-0.4, -0.2) is 152 Å². The van der Waals surface area contributed by atoms with E-state index in [1.54, 1.807) is 58.0 Å². The number of alkyl carbamates (subject to hydrolysis) is 1. The molecule has 1 aliphatic heterocycles. The monoisotopic (exact) mass is 991 g/mol. The third-order valence-electron chi connectivity index (χ3n) is 11.9. The van der Waals surface area contributed by atoms with Gasteiger partial charge >= 0.3 is 18.0 Å². The van der Waals surface area contributed by atoms with Gasteiger partial charge in [-0.2, -0.15) is 0 Å². The van der Waals surface area contributed by atoms with Gasteiger partial charge in [-0.1, -0.05) is 76.9 Å². The second kappa shape index (κ2) is 29.5. The number of ether oxygens (including phenoxy) is 4. The lowest BCUT2D eigenvalue weighted by atomic mass is 9.90. The van der Waals surface area contributed by atoms with Gasteiger partial charge in [0.25, 0.3) is 5.91 Å². The number of benzene rings is 1. The third kappa shape index (κ3) is 19.4. The van der Waals surface area contributed by atoms with Crippen molar-refractivity contribution in [1.82, 2.24) is 31.1 Å². The Morgan fingerprint density at radius 3 is 2.17 bits per heavy atom. The zero-order valence-corrected chi connectivity index (χ0v) is 43.0. The summed E-state index contributed by atoms with van der Waals surface area (Å²) in [5.74, 6) is -6.45. The number of carbonyl (C=O) groups is 8. The van der Waals surface area contributed by atoms with Gasteiger partial charge in [0.05, 0.1) is 26.4 Å². The van der Waals surface area contributed by atoms with Crippen molar-refractivity contribution in [1.29, 1.82) is 0 Å². The van der Waals surface area contributed by atoms with Crippen molar-refractivity contribution in [2.75, 3.05) is 47.0 Å². The van der Waals surface area contributed by atoms with Gasteiger partial charge in [-0.15, -0.1) is 0 Å². The highest BCUT2D eigenvalue weighted by Crippen LogP contribution is 2.26. The average molecular weight is 992 g/mol. The summed E-state index contributed by atoms with van der Waals surface area (Å²) in [6.45, 7) is 16.2. The molecular weight excluding hydrogens is 916 g/mol. The van der Waals surface area contributed by atoms with Crippen LogP contribution < -0.4 is 21.3 Å². The molecule has 5 N–H and O–H groups in total. The molecule has 386 valence electrons. The zero-order chi connectivity index (χ0) is 52.1. The van der Waals surface area contributed by atoms with Crippen LogP contribution >= 0.6 is 11.6 Å². The number of nitrogens with zero attached hydrogens (tertiary/aromatic N) is 2. The highest BCUT2D eigenvalue weighted by atomic mass is 35.5. The number of carbonyl (C=O) groups excluding carboxylic acids is 8. The number of likely N-dealkylation sites (N-methyl/N-ethyl adjacent to an activating group) is 2. The van der Waals surface area contributed by atoms with Gasteiger partial charge in [0.1, 0.15) is 36.4 Å². The van der Waals surface area contributed by atoms with E-state index in [1.165, 1.54) is 45.8 Å². The first-order valence-electron chi connectivity index (χ1n) is 23.5. The van der Waals surface area contributed by atoms with E-state index in [-0.39, 0.29) is 57.1 Å². The summed E-state index contributed by atoms with van der Waals surface area (Å²) in [6, 6.07) is 1.88. The number of esters is 2. The molecule has 0 unspecified atom stereocenters. The molecule has 0 saturated heterocycles. The van der Waals surface area contributed by atoms with E-state index in [2.05, 4.69) is 21.3 Å². The fraction of sp³-hybridized carbons (Fsp3) is 0.633. The summed E-state index contributed by atoms with van der Waals surface area (Å²) in [4.78, 5) is 113. The number of hydrogen-bond acceptors (Lipinski definition) is 13. The molecule has 0 bridgehead atoms. The first-order valence-corrected chi connectivity index (χ1v) is 23.8. The van der Waals surface area contributed by atoms with E-state index in [0.717, 1.165) is 4.90 Å². The van der Waals surface area contributed by atoms with Crippen molar-refractivity contribution < 1.29 is 62.4 Å². The molecule has 0 aromatic heterocycles. The lowest BCUT2D eigenvalue weighted by Gasteiger charge is -2.33. The van der Waals surface area contributed by atoms with Crippen molar-refractivity contribution in [2.24, 2.45) is 17.8 Å². The minimum Gasteiger partial charge on any atom is -0.456 e.